The van der Waals surface area contributed by atoms with Crippen molar-refractivity contribution in [2.24, 2.45) is 11.3 Å². The van der Waals surface area contributed by atoms with Crippen LogP contribution in [0.5, 0.6) is 17.2 Å². The van der Waals surface area contributed by atoms with Gasteiger partial charge in [0, 0.05) is 41.5 Å². The first-order chi connectivity index (χ1) is 19.9. The molecule has 1 unspecified atom stereocenters. The Labute approximate surface area is 251 Å². The van der Waals surface area contributed by atoms with Gasteiger partial charge in [-0.2, -0.15) is 0 Å². The summed E-state index contributed by atoms with van der Waals surface area (Å²) in [6.07, 6.45) is -1.20. The maximum absolute atomic E-state index is 14.2. The molecule has 2 aliphatic rings. The van der Waals surface area contributed by atoms with Gasteiger partial charge in [0.25, 0.3) is 5.91 Å². The molecule has 42 heavy (non-hydrogen) atoms. The van der Waals surface area contributed by atoms with Gasteiger partial charge in [0.15, 0.2) is 11.5 Å². The van der Waals surface area contributed by atoms with Crippen molar-refractivity contribution >= 4 is 35.1 Å². The molecule has 10 nitrogen and oxygen atoms in total. The van der Waals surface area contributed by atoms with Crippen LogP contribution in [0.1, 0.15) is 57.3 Å². The monoisotopic (exact) mass is 602 g/mol. The molecular weight excluding hydrogens is 564 g/mol. The normalized spacial score (nSPS) is 20.9. The van der Waals surface area contributed by atoms with E-state index in [1.54, 1.807) is 35.2 Å². The summed E-state index contributed by atoms with van der Waals surface area (Å²) in [6, 6.07) is 8.77. The maximum Gasteiger partial charge on any atom is 0.308 e. The Morgan fingerprint density at radius 1 is 1.05 bits per heavy atom. The van der Waals surface area contributed by atoms with Gasteiger partial charge in [-0.3, -0.25) is 14.4 Å². The Hall–Kier alpha value is -3.50. The van der Waals surface area contributed by atoms with Crippen LogP contribution < -0.4 is 19.1 Å². The van der Waals surface area contributed by atoms with Crippen LogP contribution in [0.4, 0.5) is 5.69 Å². The molecule has 1 N–H and O–H groups in total. The molecule has 0 aliphatic carbocycles. The number of aliphatic carboxylic acids is 1. The maximum atomic E-state index is 14.2. The zero-order valence-electron chi connectivity index (χ0n) is 24.9. The van der Waals surface area contributed by atoms with Crippen LogP contribution in [0.15, 0.2) is 30.3 Å². The molecule has 4 rings (SSSR count). The minimum absolute atomic E-state index is 0.101. The Balaban J connectivity index is 1.83. The van der Waals surface area contributed by atoms with Gasteiger partial charge in [-0.1, -0.05) is 32.4 Å². The van der Waals surface area contributed by atoms with Gasteiger partial charge < -0.3 is 33.9 Å². The lowest BCUT2D eigenvalue weighted by Crippen LogP contribution is -2.47. The summed E-state index contributed by atoms with van der Waals surface area (Å²) in [5, 5.41) is 9.98. The number of carbonyl (C=O) groups is 3. The minimum atomic E-state index is -1.17. The number of halogens is 1. The molecule has 2 aromatic carbocycles. The fourth-order valence-electron chi connectivity index (χ4n) is 5.61. The number of piperidine rings is 1. The van der Waals surface area contributed by atoms with Crippen molar-refractivity contribution in [3.05, 3.63) is 46.5 Å². The first-order valence-corrected chi connectivity index (χ1v) is 14.3. The molecular formula is C31H39ClN2O8. The average Bonchev–Trinajstić information content (AvgIpc) is 3.05. The van der Waals surface area contributed by atoms with E-state index in [0.29, 0.717) is 65.0 Å². The summed E-state index contributed by atoms with van der Waals surface area (Å²) in [4.78, 5) is 42.6. The van der Waals surface area contributed by atoms with E-state index < -0.39 is 24.1 Å². The second-order valence-corrected chi connectivity index (χ2v) is 12.3. The van der Waals surface area contributed by atoms with Crippen molar-refractivity contribution in [1.82, 2.24) is 4.90 Å². The smallest absolute Gasteiger partial charge is 0.308 e. The molecule has 2 aromatic rings. The number of carbonyl (C=O) groups excluding carboxylic acids is 2. The summed E-state index contributed by atoms with van der Waals surface area (Å²) in [5.74, 6) is -1.11. The van der Waals surface area contributed by atoms with E-state index in [9.17, 15) is 19.5 Å². The van der Waals surface area contributed by atoms with Crippen LogP contribution in [-0.2, 0) is 19.1 Å². The summed E-state index contributed by atoms with van der Waals surface area (Å²) < 4.78 is 23.5. The molecule has 1 fully saturated rings. The fraction of sp³-hybridized carbons (Fsp3) is 0.516. The molecule has 0 radical (unpaired) electrons. The molecule has 11 heteroatoms. The fourth-order valence-corrected chi connectivity index (χ4v) is 5.79. The average molecular weight is 603 g/mol. The van der Waals surface area contributed by atoms with Gasteiger partial charge in [0.1, 0.15) is 12.2 Å². The lowest BCUT2D eigenvalue weighted by molar-refractivity contribution is -0.148. The van der Waals surface area contributed by atoms with E-state index in [1.807, 2.05) is 20.8 Å². The summed E-state index contributed by atoms with van der Waals surface area (Å²) in [7, 11) is 4.53. The second-order valence-electron chi connectivity index (χ2n) is 11.8. The Morgan fingerprint density at radius 3 is 2.38 bits per heavy atom. The Kier molecular flexibility index (Phi) is 9.57. The molecule has 2 amide bonds. The molecule has 2 heterocycles. The van der Waals surface area contributed by atoms with Crippen LogP contribution in [0.3, 0.4) is 0 Å². The summed E-state index contributed by atoms with van der Waals surface area (Å²) in [5.41, 5.74) is 1.51. The SMILES string of the molecule is COc1ccc([C@@H]2O[C@@H](CC(=O)N3CCCC(C(=O)O)C3)C(=O)N(CC(C)(C)C)c3ccc(Cl)cc32)c(OC)c1OC. The van der Waals surface area contributed by atoms with Gasteiger partial charge in [0.2, 0.25) is 11.7 Å². The van der Waals surface area contributed by atoms with Crippen molar-refractivity contribution < 1.29 is 38.4 Å². The third kappa shape index (κ3) is 6.60. The number of anilines is 1. The van der Waals surface area contributed by atoms with Crippen molar-refractivity contribution in [3.63, 3.8) is 0 Å². The number of hydrogen-bond acceptors (Lipinski definition) is 7. The number of carboxylic acids is 1. The molecule has 2 aliphatic heterocycles. The molecule has 3 atom stereocenters. The van der Waals surface area contributed by atoms with Gasteiger partial charge in [-0.25, -0.2) is 0 Å². The highest BCUT2D eigenvalue weighted by Crippen LogP contribution is 2.48. The number of amides is 2. The standard InChI is InChI=1S/C31H39ClN2O8/c1-31(2,3)17-34-22-11-9-19(32)14-21(22)26(20-10-12-23(39-4)28(41-6)27(20)40-5)42-24(29(34)36)15-25(35)33-13-7-8-18(16-33)30(37)38/h9-12,14,18,24,26H,7-8,13,15-17H2,1-6H3,(H,37,38)/t18?,24-,26-/m0/s1. The van der Waals surface area contributed by atoms with Crippen molar-refractivity contribution in [1.29, 1.82) is 0 Å². The van der Waals surface area contributed by atoms with Crippen LogP contribution in [0.2, 0.25) is 5.02 Å². The molecule has 0 aromatic heterocycles. The molecule has 228 valence electrons. The third-order valence-electron chi connectivity index (χ3n) is 7.54. The number of likely N-dealkylation sites (tertiary alicyclic amines) is 1. The van der Waals surface area contributed by atoms with E-state index in [2.05, 4.69) is 0 Å². The van der Waals surface area contributed by atoms with E-state index in [4.69, 9.17) is 30.5 Å². The van der Waals surface area contributed by atoms with Gasteiger partial charge in [0.05, 0.1) is 33.7 Å². The van der Waals surface area contributed by atoms with Crippen LogP contribution in [0, 0.1) is 11.3 Å². The summed E-state index contributed by atoms with van der Waals surface area (Å²) >= 11 is 6.50. The predicted octanol–water partition coefficient (Wildman–Crippen LogP) is 4.95. The number of rotatable bonds is 8. The van der Waals surface area contributed by atoms with E-state index >= 15 is 0 Å². The molecule has 0 saturated carbocycles. The highest BCUT2D eigenvalue weighted by Gasteiger charge is 2.41. The topological polar surface area (TPSA) is 115 Å². The number of carboxylic acid groups (broad SMARTS) is 1. The zero-order valence-corrected chi connectivity index (χ0v) is 25.7. The highest BCUT2D eigenvalue weighted by atomic mass is 35.5. The number of fused-ring (bicyclic) bond motifs is 1. The Bertz CT molecular complexity index is 1340. The number of ether oxygens (including phenoxy) is 4. The van der Waals surface area contributed by atoms with E-state index in [1.165, 1.54) is 26.2 Å². The van der Waals surface area contributed by atoms with Crippen LogP contribution in [0.25, 0.3) is 0 Å². The highest BCUT2D eigenvalue weighted by molar-refractivity contribution is 6.30. The number of benzene rings is 2. The van der Waals surface area contributed by atoms with E-state index in [-0.39, 0.29) is 30.2 Å². The van der Waals surface area contributed by atoms with Crippen molar-refractivity contribution in [2.75, 3.05) is 45.9 Å². The van der Waals surface area contributed by atoms with Crippen molar-refractivity contribution in [2.45, 2.75) is 52.2 Å². The number of methoxy groups -OCH3 is 3. The molecule has 1 saturated heterocycles. The van der Waals surface area contributed by atoms with Gasteiger partial charge in [-0.15, -0.1) is 0 Å². The van der Waals surface area contributed by atoms with Gasteiger partial charge in [-0.05, 0) is 48.6 Å². The van der Waals surface area contributed by atoms with E-state index in [0.717, 1.165) is 0 Å². The van der Waals surface area contributed by atoms with Crippen molar-refractivity contribution in [3.8, 4) is 17.2 Å². The minimum Gasteiger partial charge on any atom is -0.493 e. The lowest BCUT2D eigenvalue weighted by Gasteiger charge is -2.33. The van der Waals surface area contributed by atoms with Crippen LogP contribution >= 0.6 is 11.6 Å². The third-order valence-corrected chi connectivity index (χ3v) is 7.77. The predicted molar refractivity (Wildman–Crippen MR) is 158 cm³/mol. The first kappa shape index (κ1) is 31.4. The first-order valence-electron chi connectivity index (χ1n) is 13.9. The second kappa shape index (κ2) is 12.8. The lowest BCUT2D eigenvalue weighted by atomic mass is 9.94. The van der Waals surface area contributed by atoms with Gasteiger partial charge >= 0.3 is 5.97 Å². The Morgan fingerprint density at radius 2 is 1.76 bits per heavy atom. The number of nitrogens with zero attached hydrogens (tertiary/aromatic N) is 2. The quantitative estimate of drug-likeness (QED) is 0.452. The van der Waals surface area contributed by atoms with Crippen LogP contribution in [-0.4, -0.2) is 74.9 Å². The largest absolute Gasteiger partial charge is 0.493 e. The number of hydrogen-bond donors (Lipinski definition) is 1. The zero-order chi connectivity index (χ0) is 30.8. The molecule has 0 spiro atoms. The molecule has 0 bridgehead atoms. The summed E-state index contributed by atoms with van der Waals surface area (Å²) in [6.45, 7) is 6.96.